The van der Waals surface area contributed by atoms with E-state index >= 15 is 0 Å². The number of hydrogen-bond donors (Lipinski definition) is 0. The Bertz CT molecular complexity index is 747. The van der Waals surface area contributed by atoms with Crippen molar-refractivity contribution >= 4 is 28.3 Å². The molecule has 3 aromatic rings. The quantitative estimate of drug-likeness (QED) is 0.666. The van der Waals surface area contributed by atoms with Gasteiger partial charge in [-0.25, -0.2) is 4.39 Å². The molecule has 2 aromatic heterocycles. The molecule has 3 rings (SSSR count). The molecule has 18 heavy (non-hydrogen) atoms. The molecule has 0 bridgehead atoms. The summed E-state index contributed by atoms with van der Waals surface area (Å²) in [5.41, 5.74) is 0.641. The van der Waals surface area contributed by atoms with Crippen LogP contribution in [0, 0.1) is 12.7 Å². The maximum absolute atomic E-state index is 13.5. The van der Waals surface area contributed by atoms with Crippen molar-refractivity contribution in [2.75, 3.05) is 0 Å². The molecule has 0 radical (unpaired) electrons. The molecular formula is C12H7FN2O2S. The highest BCUT2D eigenvalue weighted by molar-refractivity contribution is 7.08. The molecule has 0 unspecified atom stereocenters. The standard InChI is InChI=1S/C12H7FN2O2S/c1-6-12(18-15-14-6)10(16)9-5-7-3-2-4-8(13)11(7)17-9/h2-5H,1H3. The highest BCUT2D eigenvalue weighted by atomic mass is 32.1. The Kier molecular flexibility index (Phi) is 2.45. The summed E-state index contributed by atoms with van der Waals surface area (Å²) in [6.07, 6.45) is 0. The van der Waals surface area contributed by atoms with Crippen LogP contribution in [0.2, 0.25) is 0 Å². The van der Waals surface area contributed by atoms with Crippen molar-refractivity contribution in [2.24, 2.45) is 0 Å². The van der Waals surface area contributed by atoms with Crippen molar-refractivity contribution in [1.82, 2.24) is 9.59 Å². The topological polar surface area (TPSA) is 56.0 Å². The van der Waals surface area contributed by atoms with E-state index in [9.17, 15) is 9.18 Å². The van der Waals surface area contributed by atoms with Crippen LogP contribution in [0.15, 0.2) is 28.7 Å². The first-order valence-corrected chi connectivity index (χ1v) is 5.96. The van der Waals surface area contributed by atoms with Crippen molar-refractivity contribution in [2.45, 2.75) is 6.92 Å². The number of nitrogens with zero attached hydrogens (tertiary/aromatic N) is 2. The lowest BCUT2D eigenvalue weighted by Crippen LogP contribution is -1.98. The van der Waals surface area contributed by atoms with E-state index in [0.29, 0.717) is 16.0 Å². The molecule has 4 nitrogen and oxygen atoms in total. The Labute approximate surface area is 105 Å². The number of carbonyl (C=O) groups excluding carboxylic acids is 1. The largest absolute Gasteiger partial charge is 0.449 e. The number of aromatic nitrogens is 2. The molecule has 0 saturated heterocycles. The van der Waals surface area contributed by atoms with Gasteiger partial charge < -0.3 is 4.42 Å². The number of aryl methyl sites for hydroxylation is 1. The monoisotopic (exact) mass is 262 g/mol. The molecule has 0 aliphatic rings. The van der Waals surface area contributed by atoms with E-state index in [1.54, 1.807) is 19.1 Å². The second-order valence-corrected chi connectivity index (χ2v) is 4.54. The fraction of sp³-hybridized carbons (Fsp3) is 0.0833. The van der Waals surface area contributed by atoms with Gasteiger partial charge in [0.1, 0.15) is 4.88 Å². The third kappa shape index (κ3) is 1.62. The van der Waals surface area contributed by atoms with Gasteiger partial charge in [-0.2, -0.15) is 0 Å². The van der Waals surface area contributed by atoms with Crippen LogP contribution < -0.4 is 0 Å². The van der Waals surface area contributed by atoms with Crippen LogP contribution in [-0.4, -0.2) is 15.4 Å². The van der Waals surface area contributed by atoms with E-state index in [4.69, 9.17) is 4.42 Å². The highest BCUT2D eigenvalue weighted by Gasteiger charge is 2.20. The average Bonchev–Trinajstić information content (AvgIpc) is 2.95. The number of furan rings is 1. The average molecular weight is 262 g/mol. The Morgan fingerprint density at radius 3 is 2.94 bits per heavy atom. The summed E-state index contributed by atoms with van der Waals surface area (Å²) in [4.78, 5) is 12.5. The summed E-state index contributed by atoms with van der Waals surface area (Å²) in [5, 5.41) is 4.33. The number of benzene rings is 1. The van der Waals surface area contributed by atoms with Crippen molar-refractivity contribution in [3.63, 3.8) is 0 Å². The van der Waals surface area contributed by atoms with E-state index in [-0.39, 0.29) is 17.1 Å². The number of para-hydroxylation sites is 1. The summed E-state index contributed by atoms with van der Waals surface area (Å²) in [5.74, 6) is -0.701. The molecule has 0 atom stereocenters. The predicted molar refractivity (Wildman–Crippen MR) is 64.3 cm³/mol. The first-order chi connectivity index (χ1) is 8.66. The number of hydrogen-bond acceptors (Lipinski definition) is 5. The van der Waals surface area contributed by atoms with Crippen LogP contribution in [0.3, 0.4) is 0 Å². The van der Waals surface area contributed by atoms with Crippen LogP contribution in [0.25, 0.3) is 11.0 Å². The molecule has 90 valence electrons. The van der Waals surface area contributed by atoms with Gasteiger partial charge in [0.15, 0.2) is 17.2 Å². The molecule has 0 fully saturated rings. The summed E-state index contributed by atoms with van der Waals surface area (Å²) in [7, 11) is 0. The van der Waals surface area contributed by atoms with Crippen molar-refractivity contribution in [1.29, 1.82) is 0 Å². The molecule has 0 aliphatic carbocycles. The second-order valence-electron chi connectivity index (χ2n) is 3.79. The minimum atomic E-state index is -0.481. The van der Waals surface area contributed by atoms with E-state index in [1.807, 2.05) is 0 Å². The maximum Gasteiger partial charge on any atom is 0.241 e. The highest BCUT2D eigenvalue weighted by Crippen LogP contribution is 2.25. The van der Waals surface area contributed by atoms with Crippen LogP contribution in [0.4, 0.5) is 4.39 Å². The summed E-state index contributed by atoms with van der Waals surface area (Å²) < 4.78 is 22.4. The zero-order chi connectivity index (χ0) is 12.7. The van der Waals surface area contributed by atoms with Gasteiger partial charge in [-0.3, -0.25) is 4.79 Å². The smallest absolute Gasteiger partial charge is 0.241 e. The SMILES string of the molecule is Cc1nnsc1C(=O)c1cc2cccc(F)c2o1. The van der Waals surface area contributed by atoms with Crippen LogP contribution in [-0.2, 0) is 0 Å². The first kappa shape index (κ1) is 11.0. The second kappa shape index (κ2) is 3.99. The molecule has 6 heteroatoms. The van der Waals surface area contributed by atoms with Gasteiger partial charge in [0.25, 0.3) is 0 Å². The van der Waals surface area contributed by atoms with Gasteiger partial charge in [-0.15, -0.1) is 5.10 Å². The third-order valence-electron chi connectivity index (χ3n) is 2.58. The fourth-order valence-corrected chi connectivity index (χ4v) is 2.29. The number of fused-ring (bicyclic) bond motifs is 1. The van der Waals surface area contributed by atoms with Gasteiger partial charge in [0.05, 0.1) is 5.69 Å². The maximum atomic E-state index is 13.5. The lowest BCUT2D eigenvalue weighted by Gasteiger charge is -1.92. The molecule has 0 aliphatic heterocycles. The van der Waals surface area contributed by atoms with Crippen molar-refractivity contribution in [3.8, 4) is 0 Å². The van der Waals surface area contributed by atoms with Gasteiger partial charge in [0.2, 0.25) is 5.78 Å². The summed E-state index contributed by atoms with van der Waals surface area (Å²) in [6.45, 7) is 1.69. The van der Waals surface area contributed by atoms with Crippen LogP contribution >= 0.6 is 11.5 Å². The predicted octanol–water partition coefficient (Wildman–Crippen LogP) is 2.96. The lowest BCUT2D eigenvalue weighted by molar-refractivity contribution is 0.101. The molecule has 2 heterocycles. The molecule has 1 aromatic carbocycles. The number of ketones is 1. The van der Waals surface area contributed by atoms with Gasteiger partial charge in [-0.05, 0) is 30.6 Å². The molecule has 0 saturated carbocycles. The summed E-state index contributed by atoms with van der Waals surface area (Å²) >= 11 is 1.00. The Morgan fingerprint density at radius 1 is 1.44 bits per heavy atom. The Hall–Kier alpha value is -2.08. The normalized spacial score (nSPS) is 11.0. The minimum absolute atomic E-state index is 0.0935. The van der Waals surface area contributed by atoms with E-state index in [1.165, 1.54) is 12.1 Å². The van der Waals surface area contributed by atoms with Crippen molar-refractivity contribution in [3.05, 3.63) is 46.4 Å². The molecule has 0 spiro atoms. The Balaban J connectivity index is 2.13. The third-order valence-corrected chi connectivity index (χ3v) is 3.40. The van der Waals surface area contributed by atoms with Gasteiger partial charge in [-0.1, -0.05) is 16.6 Å². The Morgan fingerprint density at radius 2 is 2.28 bits per heavy atom. The fourth-order valence-electron chi connectivity index (χ4n) is 1.69. The first-order valence-electron chi connectivity index (χ1n) is 5.18. The van der Waals surface area contributed by atoms with Crippen molar-refractivity contribution < 1.29 is 13.6 Å². The van der Waals surface area contributed by atoms with E-state index < -0.39 is 5.82 Å². The van der Waals surface area contributed by atoms with Crippen LogP contribution in [0.5, 0.6) is 0 Å². The van der Waals surface area contributed by atoms with Gasteiger partial charge in [0, 0.05) is 5.39 Å². The van der Waals surface area contributed by atoms with Gasteiger partial charge >= 0.3 is 0 Å². The number of halogens is 1. The van der Waals surface area contributed by atoms with E-state index in [0.717, 1.165) is 11.5 Å². The lowest BCUT2D eigenvalue weighted by atomic mass is 10.2. The molecule has 0 N–H and O–H groups in total. The zero-order valence-corrected chi connectivity index (χ0v) is 10.1. The molecule has 0 amide bonds. The summed E-state index contributed by atoms with van der Waals surface area (Å²) in [6, 6.07) is 6.08. The number of rotatable bonds is 2. The molecular weight excluding hydrogens is 255 g/mol. The van der Waals surface area contributed by atoms with E-state index in [2.05, 4.69) is 9.59 Å². The number of carbonyl (C=O) groups is 1. The zero-order valence-electron chi connectivity index (χ0n) is 9.31. The van der Waals surface area contributed by atoms with Crippen LogP contribution in [0.1, 0.15) is 21.1 Å². The minimum Gasteiger partial charge on any atom is -0.449 e.